The number of hydrogen-bond donors (Lipinski definition) is 1. The lowest BCUT2D eigenvalue weighted by Gasteiger charge is -2.25. The van der Waals surface area contributed by atoms with E-state index in [1.807, 2.05) is 23.1 Å². The van der Waals surface area contributed by atoms with Crippen molar-refractivity contribution in [3.8, 4) is 0 Å². The van der Waals surface area contributed by atoms with Gasteiger partial charge in [-0.3, -0.25) is 14.5 Å². The van der Waals surface area contributed by atoms with Crippen molar-refractivity contribution in [3.63, 3.8) is 0 Å². The van der Waals surface area contributed by atoms with E-state index in [0.717, 1.165) is 19.4 Å². The van der Waals surface area contributed by atoms with E-state index in [-0.39, 0.29) is 23.8 Å². The van der Waals surface area contributed by atoms with Gasteiger partial charge in [-0.1, -0.05) is 37.3 Å². The van der Waals surface area contributed by atoms with Gasteiger partial charge in [0.15, 0.2) is 0 Å². The molecule has 2 unspecified atom stereocenters. The van der Waals surface area contributed by atoms with E-state index in [4.69, 9.17) is 0 Å². The SMILES string of the molecule is CC(CNC(=O)CN1CCCC1C(=O)N(C)C)c1ccccc1. The number of amides is 2. The fraction of sp³-hybridized carbons (Fsp3) is 0.556. The molecule has 0 saturated carbocycles. The molecule has 23 heavy (non-hydrogen) atoms. The molecule has 0 bridgehead atoms. The van der Waals surface area contributed by atoms with Crippen molar-refractivity contribution in [2.24, 2.45) is 0 Å². The Morgan fingerprint density at radius 3 is 2.65 bits per heavy atom. The number of benzene rings is 1. The van der Waals surface area contributed by atoms with Gasteiger partial charge in [-0.15, -0.1) is 0 Å². The smallest absolute Gasteiger partial charge is 0.239 e. The first kappa shape index (κ1) is 17.5. The highest BCUT2D eigenvalue weighted by atomic mass is 16.2. The Hall–Kier alpha value is -1.88. The maximum Gasteiger partial charge on any atom is 0.239 e. The summed E-state index contributed by atoms with van der Waals surface area (Å²) in [4.78, 5) is 27.9. The van der Waals surface area contributed by atoms with E-state index in [9.17, 15) is 9.59 Å². The van der Waals surface area contributed by atoms with Gasteiger partial charge in [0.05, 0.1) is 12.6 Å². The zero-order valence-corrected chi connectivity index (χ0v) is 14.3. The summed E-state index contributed by atoms with van der Waals surface area (Å²) < 4.78 is 0. The van der Waals surface area contributed by atoms with Crippen molar-refractivity contribution in [2.75, 3.05) is 33.7 Å². The van der Waals surface area contributed by atoms with E-state index < -0.39 is 0 Å². The molecule has 1 N–H and O–H groups in total. The largest absolute Gasteiger partial charge is 0.354 e. The molecule has 1 heterocycles. The van der Waals surface area contributed by atoms with Crippen LogP contribution in [0.5, 0.6) is 0 Å². The summed E-state index contributed by atoms with van der Waals surface area (Å²) in [5, 5.41) is 2.99. The third-order valence-corrected chi connectivity index (χ3v) is 4.41. The standard InChI is InChI=1S/C18H27N3O2/c1-14(15-8-5-4-6-9-15)12-19-17(22)13-21-11-7-10-16(21)18(23)20(2)3/h4-6,8-9,14,16H,7,10-13H2,1-3H3,(H,19,22). The van der Waals surface area contributed by atoms with E-state index in [1.165, 1.54) is 5.56 Å². The summed E-state index contributed by atoms with van der Waals surface area (Å²) in [7, 11) is 3.53. The Bertz CT molecular complexity index is 530. The number of hydrogen-bond acceptors (Lipinski definition) is 3. The number of likely N-dealkylation sites (N-methyl/N-ethyl adjacent to an activating group) is 1. The topological polar surface area (TPSA) is 52.7 Å². The number of nitrogens with zero attached hydrogens (tertiary/aromatic N) is 2. The molecule has 2 rings (SSSR count). The van der Waals surface area contributed by atoms with E-state index >= 15 is 0 Å². The first-order valence-corrected chi connectivity index (χ1v) is 8.26. The second-order valence-electron chi connectivity index (χ2n) is 6.48. The Morgan fingerprint density at radius 1 is 1.30 bits per heavy atom. The molecule has 0 radical (unpaired) electrons. The zero-order chi connectivity index (χ0) is 16.8. The summed E-state index contributed by atoms with van der Waals surface area (Å²) in [6, 6.07) is 10.0. The summed E-state index contributed by atoms with van der Waals surface area (Å²) >= 11 is 0. The Morgan fingerprint density at radius 2 is 2.00 bits per heavy atom. The molecule has 1 aliphatic heterocycles. The summed E-state index contributed by atoms with van der Waals surface area (Å²) in [6.07, 6.45) is 1.81. The average molecular weight is 317 g/mol. The van der Waals surface area contributed by atoms with Crippen molar-refractivity contribution >= 4 is 11.8 Å². The van der Waals surface area contributed by atoms with Gasteiger partial charge in [0.25, 0.3) is 0 Å². The maximum atomic E-state index is 12.2. The highest BCUT2D eigenvalue weighted by Gasteiger charge is 2.32. The van der Waals surface area contributed by atoms with Gasteiger partial charge in [-0.2, -0.15) is 0 Å². The van der Waals surface area contributed by atoms with Crippen LogP contribution in [0.15, 0.2) is 30.3 Å². The quantitative estimate of drug-likeness (QED) is 0.864. The molecule has 2 atom stereocenters. The Kier molecular flexibility index (Phi) is 6.16. The summed E-state index contributed by atoms with van der Waals surface area (Å²) in [6.45, 7) is 3.82. The zero-order valence-electron chi connectivity index (χ0n) is 14.3. The molecule has 5 nitrogen and oxygen atoms in total. The van der Waals surface area contributed by atoms with Crippen molar-refractivity contribution in [1.82, 2.24) is 15.1 Å². The predicted molar refractivity (Wildman–Crippen MR) is 91.2 cm³/mol. The molecule has 1 aromatic carbocycles. The monoisotopic (exact) mass is 317 g/mol. The van der Waals surface area contributed by atoms with Crippen LogP contribution < -0.4 is 5.32 Å². The summed E-state index contributed by atoms with van der Waals surface area (Å²) in [5.41, 5.74) is 1.22. The number of likely N-dealkylation sites (tertiary alicyclic amines) is 1. The molecule has 1 saturated heterocycles. The molecule has 1 aromatic rings. The van der Waals surface area contributed by atoms with Crippen LogP contribution in [0.2, 0.25) is 0 Å². The van der Waals surface area contributed by atoms with Crippen LogP contribution >= 0.6 is 0 Å². The van der Waals surface area contributed by atoms with Crippen molar-refractivity contribution in [3.05, 3.63) is 35.9 Å². The van der Waals surface area contributed by atoms with Crippen molar-refractivity contribution in [1.29, 1.82) is 0 Å². The molecule has 1 aliphatic rings. The minimum absolute atomic E-state index is 0.00811. The Balaban J connectivity index is 1.81. The highest BCUT2D eigenvalue weighted by molar-refractivity contribution is 5.83. The van der Waals surface area contributed by atoms with Crippen molar-refractivity contribution < 1.29 is 9.59 Å². The van der Waals surface area contributed by atoms with Crippen LogP contribution in [-0.2, 0) is 9.59 Å². The highest BCUT2D eigenvalue weighted by Crippen LogP contribution is 2.18. The maximum absolute atomic E-state index is 12.2. The second kappa shape index (κ2) is 8.11. The fourth-order valence-corrected chi connectivity index (χ4v) is 3.00. The molecule has 0 aliphatic carbocycles. The van der Waals surface area contributed by atoms with Crippen LogP contribution in [-0.4, -0.2) is 61.4 Å². The average Bonchev–Trinajstić information content (AvgIpc) is 3.00. The Labute approximate surface area is 138 Å². The molecule has 2 amide bonds. The third-order valence-electron chi connectivity index (χ3n) is 4.41. The van der Waals surface area contributed by atoms with Gasteiger partial charge in [0.2, 0.25) is 11.8 Å². The van der Waals surface area contributed by atoms with E-state index in [1.54, 1.807) is 19.0 Å². The lowest BCUT2D eigenvalue weighted by atomic mass is 10.0. The van der Waals surface area contributed by atoms with E-state index in [2.05, 4.69) is 24.4 Å². The van der Waals surface area contributed by atoms with Crippen LogP contribution in [0.3, 0.4) is 0 Å². The number of carbonyl (C=O) groups is 2. The van der Waals surface area contributed by atoms with Gasteiger partial charge in [0, 0.05) is 20.6 Å². The lowest BCUT2D eigenvalue weighted by molar-refractivity contribution is -0.134. The van der Waals surface area contributed by atoms with Gasteiger partial charge in [-0.25, -0.2) is 0 Å². The minimum atomic E-state index is -0.151. The van der Waals surface area contributed by atoms with Gasteiger partial charge in [0.1, 0.15) is 0 Å². The van der Waals surface area contributed by atoms with Crippen LogP contribution in [0.4, 0.5) is 0 Å². The van der Waals surface area contributed by atoms with Crippen molar-refractivity contribution in [2.45, 2.75) is 31.7 Å². The molecule has 1 fully saturated rings. The number of carbonyl (C=O) groups excluding carboxylic acids is 2. The molecule has 0 spiro atoms. The molecule has 5 heteroatoms. The summed E-state index contributed by atoms with van der Waals surface area (Å²) in [5.74, 6) is 0.358. The van der Waals surface area contributed by atoms with Gasteiger partial charge >= 0.3 is 0 Å². The molecular weight excluding hydrogens is 290 g/mol. The molecular formula is C18H27N3O2. The molecule has 126 valence electrons. The fourth-order valence-electron chi connectivity index (χ4n) is 3.00. The lowest BCUT2D eigenvalue weighted by Crippen LogP contribution is -2.47. The normalized spacial score (nSPS) is 19.3. The number of nitrogens with one attached hydrogen (secondary N) is 1. The molecule has 0 aromatic heterocycles. The first-order chi connectivity index (χ1) is 11.0. The van der Waals surface area contributed by atoms with Gasteiger partial charge < -0.3 is 10.2 Å². The first-order valence-electron chi connectivity index (χ1n) is 8.26. The predicted octanol–water partition coefficient (Wildman–Crippen LogP) is 1.46. The second-order valence-corrected chi connectivity index (χ2v) is 6.48. The van der Waals surface area contributed by atoms with Gasteiger partial charge in [-0.05, 0) is 30.9 Å². The van der Waals surface area contributed by atoms with Crippen LogP contribution in [0.1, 0.15) is 31.2 Å². The van der Waals surface area contributed by atoms with Crippen LogP contribution in [0.25, 0.3) is 0 Å². The minimum Gasteiger partial charge on any atom is -0.354 e. The van der Waals surface area contributed by atoms with Crippen LogP contribution in [0, 0.1) is 0 Å². The third kappa shape index (κ3) is 4.79. The number of rotatable bonds is 6. The van der Waals surface area contributed by atoms with E-state index in [0.29, 0.717) is 13.1 Å².